The molecule has 3 N–H and O–H groups in total. The molecule has 1 amide bonds. The molecule has 7 atom stereocenters. The number of anilines is 1. The van der Waals surface area contributed by atoms with Crippen LogP contribution in [0.4, 0.5) is 14.5 Å². The number of hydrogen-bond acceptors (Lipinski definition) is 5. The zero-order valence-electron chi connectivity index (χ0n) is 24.4. The van der Waals surface area contributed by atoms with E-state index in [4.69, 9.17) is 5.73 Å². The lowest BCUT2D eigenvalue weighted by Gasteiger charge is -2.41. The van der Waals surface area contributed by atoms with Crippen molar-refractivity contribution in [3.05, 3.63) is 99.6 Å². The monoisotopic (exact) mass is 708 g/mol. The van der Waals surface area contributed by atoms with Gasteiger partial charge in [-0.05, 0) is 90.3 Å². The second-order valence-electron chi connectivity index (χ2n) is 12.0. The van der Waals surface area contributed by atoms with Crippen molar-refractivity contribution in [3.63, 3.8) is 0 Å². The van der Waals surface area contributed by atoms with Crippen molar-refractivity contribution in [2.75, 3.05) is 5.32 Å². The Bertz CT molecular complexity index is 1670. The van der Waals surface area contributed by atoms with E-state index in [9.17, 15) is 18.4 Å². The predicted molar refractivity (Wildman–Crippen MR) is 177 cm³/mol. The molecule has 0 aliphatic heterocycles. The SMILES string of the molecule is C=Ic1cccc(F)c1-c1nc(C(=O)Nc2cnccc2[C@@H]2C[C@H](CC)[C@H](C3C4/C=C\C=C/C(=O)C[C@H]43)[C@H](N)C2)ccc1F. The van der Waals surface area contributed by atoms with Crippen molar-refractivity contribution < 1.29 is 18.4 Å². The number of aromatic nitrogens is 2. The Balaban J connectivity index is 1.22. The average Bonchev–Trinajstić information content (AvgIpc) is 3.67. The molecule has 2 heterocycles. The van der Waals surface area contributed by atoms with Gasteiger partial charge in [0.05, 0.1) is 17.4 Å². The van der Waals surface area contributed by atoms with E-state index < -0.39 is 38.3 Å². The number of carbonyl (C=O) groups is 2. The number of hydrogen-bond donors (Lipinski definition) is 2. The molecule has 0 bridgehead atoms. The first kappa shape index (κ1) is 30.6. The molecule has 6 nitrogen and oxygen atoms in total. The van der Waals surface area contributed by atoms with E-state index in [1.54, 1.807) is 30.6 Å². The van der Waals surface area contributed by atoms with Crippen LogP contribution in [0, 0.1) is 44.8 Å². The molecule has 9 heteroatoms. The van der Waals surface area contributed by atoms with Crippen LogP contribution in [0.15, 0.2) is 73.1 Å². The molecule has 0 spiro atoms. The number of ketones is 1. The molecule has 0 radical (unpaired) electrons. The van der Waals surface area contributed by atoms with E-state index in [0.29, 0.717) is 45.3 Å². The largest absolute Gasteiger partial charge is 0.327 e. The van der Waals surface area contributed by atoms with Crippen molar-refractivity contribution in [3.8, 4) is 11.3 Å². The second kappa shape index (κ2) is 12.9. The van der Waals surface area contributed by atoms with Crippen LogP contribution in [-0.4, -0.2) is 32.2 Å². The van der Waals surface area contributed by atoms with Crippen LogP contribution in [-0.2, 0) is 4.79 Å². The van der Waals surface area contributed by atoms with E-state index in [2.05, 4.69) is 32.8 Å². The van der Waals surface area contributed by atoms with Crippen LogP contribution in [0.25, 0.3) is 11.3 Å². The molecule has 3 aliphatic carbocycles. The van der Waals surface area contributed by atoms with Crippen molar-refractivity contribution in [1.29, 1.82) is 0 Å². The number of nitrogens with one attached hydrogen (secondary N) is 1. The molecule has 2 fully saturated rings. The molecular weight excluding hydrogens is 673 g/mol. The third kappa shape index (κ3) is 5.96. The Labute approximate surface area is 266 Å². The van der Waals surface area contributed by atoms with Crippen molar-refractivity contribution in [2.24, 2.45) is 35.3 Å². The molecule has 44 heavy (non-hydrogen) atoms. The van der Waals surface area contributed by atoms with Crippen molar-refractivity contribution >= 4 is 42.6 Å². The zero-order valence-corrected chi connectivity index (χ0v) is 26.6. The summed E-state index contributed by atoms with van der Waals surface area (Å²) in [6.45, 7) is 2.20. The minimum atomic E-state index is -0.805. The maximum absolute atomic E-state index is 14.9. The normalized spacial score (nSPS) is 29.2. The average molecular weight is 709 g/mol. The first-order chi connectivity index (χ1) is 21.3. The molecule has 2 unspecified atom stereocenters. The van der Waals surface area contributed by atoms with Crippen LogP contribution >= 0.6 is 20.7 Å². The van der Waals surface area contributed by atoms with Gasteiger partial charge in [0.25, 0.3) is 5.91 Å². The lowest BCUT2D eigenvalue weighted by atomic mass is 9.66. The quantitative estimate of drug-likeness (QED) is 0.257. The number of allylic oxidation sites excluding steroid dienone is 4. The van der Waals surface area contributed by atoms with Gasteiger partial charge in [0.1, 0.15) is 23.0 Å². The highest BCUT2D eigenvalue weighted by molar-refractivity contribution is 14.2. The summed E-state index contributed by atoms with van der Waals surface area (Å²) in [7, 11) is 0. The fraction of sp³-hybridized carbons (Fsp3) is 0.343. The summed E-state index contributed by atoms with van der Waals surface area (Å²) in [6.07, 6.45) is 14.3. The smallest absolute Gasteiger partial charge is 0.274 e. The first-order valence-electron chi connectivity index (χ1n) is 15.0. The van der Waals surface area contributed by atoms with E-state index in [0.717, 1.165) is 30.9 Å². The van der Waals surface area contributed by atoms with Gasteiger partial charge in [0.2, 0.25) is 0 Å². The van der Waals surface area contributed by atoms with Gasteiger partial charge in [-0.1, -0.05) is 62.9 Å². The summed E-state index contributed by atoms with van der Waals surface area (Å²) in [4.78, 5) is 34.3. The summed E-state index contributed by atoms with van der Waals surface area (Å²) in [5.74, 6) is 0.303. The van der Waals surface area contributed by atoms with Gasteiger partial charge in [0, 0.05) is 22.2 Å². The highest BCUT2D eigenvalue weighted by Crippen LogP contribution is 2.60. The van der Waals surface area contributed by atoms with Crippen LogP contribution in [0.3, 0.4) is 0 Å². The Morgan fingerprint density at radius 3 is 2.75 bits per heavy atom. The third-order valence-electron chi connectivity index (χ3n) is 9.57. The van der Waals surface area contributed by atoms with Gasteiger partial charge in [-0.25, -0.2) is 13.8 Å². The Morgan fingerprint density at radius 2 is 1.95 bits per heavy atom. The Kier molecular flexibility index (Phi) is 8.96. The summed E-state index contributed by atoms with van der Waals surface area (Å²) in [6, 6.07) is 8.85. The summed E-state index contributed by atoms with van der Waals surface area (Å²) in [5.41, 5.74) is 8.27. The topological polar surface area (TPSA) is 98.0 Å². The maximum Gasteiger partial charge on any atom is 0.274 e. The second-order valence-corrected chi connectivity index (χ2v) is 13.9. The highest BCUT2D eigenvalue weighted by Gasteiger charge is 2.57. The highest BCUT2D eigenvalue weighted by atomic mass is 127. The molecule has 6 rings (SSSR count). The van der Waals surface area contributed by atoms with Crippen LogP contribution in [0.2, 0.25) is 0 Å². The van der Waals surface area contributed by atoms with Crippen LogP contribution in [0.1, 0.15) is 54.6 Å². The van der Waals surface area contributed by atoms with E-state index >= 15 is 0 Å². The van der Waals surface area contributed by atoms with Gasteiger partial charge in [0.15, 0.2) is 5.78 Å². The maximum atomic E-state index is 14.9. The number of nitrogens with zero attached hydrogens (tertiary/aromatic N) is 2. The predicted octanol–water partition coefficient (Wildman–Crippen LogP) is 7.04. The molecule has 3 aromatic rings. The number of amides is 1. The zero-order chi connectivity index (χ0) is 31.0. The fourth-order valence-corrected chi connectivity index (χ4v) is 8.90. The lowest BCUT2D eigenvalue weighted by molar-refractivity contribution is -0.115. The molecule has 3 aliphatic rings. The van der Waals surface area contributed by atoms with Crippen molar-refractivity contribution in [2.45, 2.75) is 44.6 Å². The van der Waals surface area contributed by atoms with Gasteiger partial charge in [-0.3, -0.25) is 14.6 Å². The van der Waals surface area contributed by atoms with E-state index in [1.807, 2.05) is 18.2 Å². The van der Waals surface area contributed by atoms with E-state index in [-0.39, 0.29) is 34.7 Å². The molecule has 0 saturated heterocycles. The van der Waals surface area contributed by atoms with Gasteiger partial charge in [-0.15, -0.1) is 0 Å². The van der Waals surface area contributed by atoms with E-state index in [1.165, 1.54) is 12.1 Å². The van der Waals surface area contributed by atoms with Crippen LogP contribution in [0.5, 0.6) is 0 Å². The molecule has 1 aromatic carbocycles. The molecule has 2 saturated carbocycles. The first-order valence-corrected chi connectivity index (χ1v) is 17.6. The number of benzene rings is 1. The van der Waals surface area contributed by atoms with Gasteiger partial charge in [-0.2, -0.15) is 0 Å². The third-order valence-corrected chi connectivity index (χ3v) is 11.3. The van der Waals surface area contributed by atoms with Crippen LogP contribution < -0.4 is 11.1 Å². The molecule has 2 aromatic heterocycles. The number of nitrogens with two attached hydrogens (primary N) is 1. The van der Waals surface area contributed by atoms with Crippen molar-refractivity contribution in [1.82, 2.24) is 9.97 Å². The summed E-state index contributed by atoms with van der Waals surface area (Å²) >= 11 is -0.805. The number of carbonyl (C=O) groups excluding carboxylic acids is 2. The molecule has 228 valence electrons. The number of fused-ring (bicyclic) bond motifs is 1. The minimum Gasteiger partial charge on any atom is -0.327 e. The summed E-state index contributed by atoms with van der Waals surface area (Å²) in [5, 5.41) is 2.94. The standard InChI is InChI=1S/C35H35F2IN4O2/c1-3-19-15-20(16-28(39)31(19)32-23-8-5-4-7-21(43)17-24(23)32)22-13-14-40-18-30(22)42-35(44)29-12-11-26(37)34(41-29)33-25(36)9-6-10-27(33)38-2/h4-14,18-20,23-24,28,31-32H,2-3,15-17,39H2,1H3,(H,42,44)/b7-4-,8-5-/t19-,20+,23?,24+,28+,31-,32?/m0/s1. The lowest BCUT2D eigenvalue weighted by Crippen LogP contribution is -2.43. The number of pyridine rings is 2. The minimum absolute atomic E-state index is 0.0280. The Hall–Kier alpha value is -3.44. The van der Waals surface area contributed by atoms with Gasteiger partial charge >= 0.3 is 0 Å². The number of halogens is 3. The number of rotatable bonds is 7. The summed E-state index contributed by atoms with van der Waals surface area (Å²) < 4.78 is 34.2. The fourth-order valence-electron chi connectivity index (χ4n) is 7.55. The Morgan fingerprint density at radius 1 is 1.11 bits per heavy atom. The van der Waals surface area contributed by atoms with Gasteiger partial charge < -0.3 is 11.1 Å². The molecular formula is C35H35F2IN4O2.